The van der Waals surface area contributed by atoms with Gasteiger partial charge in [-0.1, -0.05) is 12.1 Å². The van der Waals surface area contributed by atoms with Gasteiger partial charge in [-0.05, 0) is 43.3 Å². The fraction of sp³-hybridized carbons (Fsp3) is 0.0588. The van der Waals surface area contributed by atoms with Gasteiger partial charge in [-0.15, -0.1) is 0 Å². The number of phenolic OH excluding ortho intramolecular Hbond substituents is 1. The Morgan fingerprint density at radius 1 is 1.00 bits per heavy atom. The lowest BCUT2D eigenvalue weighted by Gasteiger charge is -2.06. The second-order valence-electron chi connectivity index (χ2n) is 5.05. The zero-order valence-corrected chi connectivity index (χ0v) is 13.3. The predicted octanol–water partition coefficient (Wildman–Crippen LogP) is 0.970. The number of nitrogens with zero attached hydrogens (tertiary/aromatic N) is 1. The molecule has 0 unspecified atom stereocenters. The van der Waals surface area contributed by atoms with E-state index in [0.717, 1.165) is 0 Å². The van der Waals surface area contributed by atoms with Crippen LogP contribution in [0.4, 0.5) is 5.69 Å². The number of hydrogen-bond donors (Lipinski definition) is 4. The molecule has 5 N–H and O–H groups in total. The minimum absolute atomic E-state index is 0.0111. The van der Waals surface area contributed by atoms with E-state index in [0.29, 0.717) is 17.0 Å². The Bertz CT molecular complexity index is 844. The molecule has 25 heavy (non-hydrogen) atoms. The highest BCUT2D eigenvalue weighted by atomic mass is 16.3. The van der Waals surface area contributed by atoms with Gasteiger partial charge >= 0.3 is 11.8 Å². The van der Waals surface area contributed by atoms with Gasteiger partial charge in [-0.25, -0.2) is 5.43 Å². The molecule has 0 spiro atoms. The maximum atomic E-state index is 11.8. The lowest BCUT2D eigenvalue weighted by Crippen LogP contribution is -2.33. The fourth-order valence-corrected chi connectivity index (χ4v) is 1.93. The molecule has 0 saturated carbocycles. The summed E-state index contributed by atoms with van der Waals surface area (Å²) in [6.07, 6.45) is 0. The third-order valence-electron chi connectivity index (χ3n) is 3.25. The number of anilines is 1. The molecule has 0 aromatic heterocycles. The summed E-state index contributed by atoms with van der Waals surface area (Å²) >= 11 is 0. The smallest absolute Gasteiger partial charge is 0.329 e. The average molecular weight is 340 g/mol. The number of carbonyl (C=O) groups is 3. The van der Waals surface area contributed by atoms with Gasteiger partial charge in [0.15, 0.2) is 0 Å². The molecule has 0 aliphatic heterocycles. The zero-order chi connectivity index (χ0) is 18.4. The molecule has 0 radical (unpaired) electrons. The lowest BCUT2D eigenvalue weighted by atomic mass is 10.1. The van der Waals surface area contributed by atoms with Crippen molar-refractivity contribution in [3.8, 4) is 5.75 Å². The first-order valence-electron chi connectivity index (χ1n) is 7.22. The number of rotatable bonds is 4. The van der Waals surface area contributed by atoms with Crippen molar-refractivity contribution in [3.05, 3.63) is 59.7 Å². The second kappa shape index (κ2) is 7.73. The van der Waals surface area contributed by atoms with E-state index in [1.165, 1.54) is 30.3 Å². The molecule has 3 amide bonds. The number of hydrogen-bond acceptors (Lipinski definition) is 5. The van der Waals surface area contributed by atoms with Crippen molar-refractivity contribution >= 4 is 29.1 Å². The zero-order valence-electron chi connectivity index (χ0n) is 13.3. The minimum atomic E-state index is -0.978. The van der Waals surface area contributed by atoms with Crippen LogP contribution < -0.4 is 16.5 Å². The summed E-state index contributed by atoms with van der Waals surface area (Å²) in [6.45, 7) is 1.58. The summed E-state index contributed by atoms with van der Waals surface area (Å²) < 4.78 is 0. The van der Waals surface area contributed by atoms with Crippen LogP contribution in [0.15, 0.2) is 53.6 Å². The summed E-state index contributed by atoms with van der Waals surface area (Å²) in [5.74, 6) is -2.49. The van der Waals surface area contributed by atoms with E-state index in [2.05, 4.69) is 15.8 Å². The molecule has 0 aliphatic rings. The second-order valence-corrected chi connectivity index (χ2v) is 5.05. The maximum Gasteiger partial charge on any atom is 0.329 e. The van der Waals surface area contributed by atoms with Crippen LogP contribution in [0.2, 0.25) is 0 Å². The third kappa shape index (κ3) is 4.64. The van der Waals surface area contributed by atoms with E-state index in [1.54, 1.807) is 25.1 Å². The van der Waals surface area contributed by atoms with Crippen LogP contribution in [0.5, 0.6) is 5.75 Å². The first-order chi connectivity index (χ1) is 11.9. The summed E-state index contributed by atoms with van der Waals surface area (Å²) in [7, 11) is 0. The van der Waals surface area contributed by atoms with E-state index >= 15 is 0 Å². The van der Waals surface area contributed by atoms with E-state index < -0.39 is 17.7 Å². The fourth-order valence-electron chi connectivity index (χ4n) is 1.93. The van der Waals surface area contributed by atoms with Gasteiger partial charge in [0.1, 0.15) is 5.75 Å². The molecule has 0 aliphatic carbocycles. The topological polar surface area (TPSA) is 134 Å². The van der Waals surface area contributed by atoms with E-state index in [1.807, 2.05) is 0 Å². The molecule has 0 saturated heterocycles. The van der Waals surface area contributed by atoms with E-state index in [4.69, 9.17) is 5.73 Å². The molecular weight excluding hydrogens is 324 g/mol. The van der Waals surface area contributed by atoms with Crippen LogP contribution in [0.1, 0.15) is 22.8 Å². The van der Waals surface area contributed by atoms with Gasteiger partial charge in [0.05, 0.1) is 5.71 Å². The minimum Gasteiger partial charge on any atom is -0.507 e. The van der Waals surface area contributed by atoms with Gasteiger partial charge < -0.3 is 16.2 Å². The Balaban J connectivity index is 1.98. The number of carbonyl (C=O) groups excluding carboxylic acids is 3. The monoisotopic (exact) mass is 340 g/mol. The number of phenols is 1. The number of amides is 3. The highest BCUT2D eigenvalue weighted by Crippen LogP contribution is 2.16. The molecule has 8 nitrogen and oxygen atoms in total. The highest BCUT2D eigenvalue weighted by molar-refractivity contribution is 6.39. The third-order valence-corrected chi connectivity index (χ3v) is 3.25. The molecule has 2 aromatic rings. The standard InChI is InChI=1S/C17H16N4O4/c1-10(13-4-2-3-5-14(13)22)20-21-17(25)16(24)19-12-8-6-11(7-9-12)15(18)23/h2-9,22H,1H3,(H2,18,23)(H,19,24)(H,21,25)/b20-10+. The van der Waals surface area contributed by atoms with Crippen LogP contribution in [-0.4, -0.2) is 28.5 Å². The molecule has 2 aromatic carbocycles. The Labute approximate surface area is 143 Å². The average Bonchev–Trinajstić information content (AvgIpc) is 2.60. The van der Waals surface area contributed by atoms with Gasteiger partial charge in [-0.2, -0.15) is 5.10 Å². The Morgan fingerprint density at radius 3 is 2.24 bits per heavy atom. The summed E-state index contributed by atoms with van der Waals surface area (Å²) in [5, 5.41) is 15.9. The van der Waals surface area contributed by atoms with Gasteiger partial charge in [0, 0.05) is 16.8 Å². The van der Waals surface area contributed by atoms with Crippen molar-refractivity contribution in [2.24, 2.45) is 10.8 Å². The van der Waals surface area contributed by atoms with Crippen LogP contribution in [-0.2, 0) is 9.59 Å². The van der Waals surface area contributed by atoms with Gasteiger partial charge in [0.25, 0.3) is 0 Å². The number of hydrazone groups is 1. The van der Waals surface area contributed by atoms with Crippen LogP contribution in [0.25, 0.3) is 0 Å². The normalized spacial score (nSPS) is 10.8. The molecule has 128 valence electrons. The molecule has 0 bridgehead atoms. The number of nitrogens with two attached hydrogens (primary N) is 1. The van der Waals surface area contributed by atoms with Crippen molar-refractivity contribution in [1.29, 1.82) is 0 Å². The Hall–Kier alpha value is -3.68. The van der Waals surface area contributed by atoms with Crippen molar-refractivity contribution in [2.45, 2.75) is 6.92 Å². The summed E-state index contributed by atoms with van der Waals surface area (Å²) in [6, 6.07) is 12.2. The molecule has 0 heterocycles. The van der Waals surface area contributed by atoms with Gasteiger partial charge in [-0.3, -0.25) is 14.4 Å². The lowest BCUT2D eigenvalue weighted by molar-refractivity contribution is -0.136. The maximum absolute atomic E-state index is 11.8. The molecule has 0 atom stereocenters. The quantitative estimate of drug-likeness (QED) is 0.375. The van der Waals surface area contributed by atoms with Crippen molar-refractivity contribution in [3.63, 3.8) is 0 Å². The molecule has 8 heteroatoms. The summed E-state index contributed by atoms with van der Waals surface area (Å²) in [4.78, 5) is 34.6. The van der Waals surface area contributed by atoms with Crippen LogP contribution >= 0.6 is 0 Å². The van der Waals surface area contributed by atoms with E-state index in [9.17, 15) is 19.5 Å². The van der Waals surface area contributed by atoms with Crippen molar-refractivity contribution in [2.75, 3.05) is 5.32 Å². The Kier molecular flexibility index (Phi) is 5.47. The first-order valence-corrected chi connectivity index (χ1v) is 7.22. The molecule has 2 rings (SSSR count). The highest BCUT2D eigenvalue weighted by Gasteiger charge is 2.14. The van der Waals surface area contributed by atoms with Crippen molar-refractivity contribution in [1.82, 2.24) is 5.43 Å². The SMILES string of the molecule is C/C(=N\NC(=O)C(=O)Nc1ccc(C(N)=O)cc1)c1ccccc1O. The van der Waals surface area contributed by atoms with Crippen LogP contribution in [0.3, 0.4) is 0 Å². The van der Waals surface area contributed by atoms with Crippen molar-refractivity contribution < 1.29 is 19.5 Å². The Morgan fingerprint density at radius 2 is 1.64 bits per heavy atom. The first kappa shape index (κ1) is 17.7. The number of benzene rings is 2. The van der Waals surface area contributed by atoms with Gasteiger partial charge in [0.2, 0.25) is 5.91 Å². The number of aromatic hydroxyl groups is 1. The van der Waals surface area contributed by atoms with E-state index in [-0.39, 0.29) is 11.3 Å². The van der Waals surface area contributed by atoms with Crippen LogP contribution in [0, 0.1) is 0 Å². The molecule has 0 fully saturated rings. The molecular formula is C17H16N4O4. The number of primary amides is 1. The predicted molar refractivity (Wildman–Crippen MR) is 92.1 cm³/mol. The summed E-state index contributed by atoms with van der Waals surface area (Å²) in [5.41, 5.74) is 8.61. The number of nitrogens with one attached hydrogen (secondary N) is 2. The largest absolute Gasteiger partial charge is 0.507 e. The number of para-hydroxylation sites is 1.